The summed E-state index contributed by atoms with van der Waals surface area (Å²) in [5, 5.41) is 7.62. The van der Waals surface area contributed by atoms with Crippen molar-refractivity contribution in [1.29, 1.82) is 0 Å². The van der Waals surface area contributed by atoms with E-state index >= 15 is 0 Å². The van der Waals surface area contributed by atoms with Gasteiger partial charge in [-0.05, 0) is 322 Å². The van der Waals surface area contributed by atoms with Gasteiger partial charge in [0.1, 0.15) is 109 Å². The molecule has 24 heteroatoms. The van der Waals surface area contributed by atoms with Gasteiger partial charge in [-0.25, -0.2) is 34.9 Å². The molecule has 21 rings (SSSR count). The Labute approximate surface area is 731 Å². The molecule has 0 radical (unpaired) electrons. The molecule has 1 aliphatic carbocycles. The largest absolute Gasteiger partial charge is 0.497 e. The van der Waals surface area contributed by atoms with Gasteiger partial charge in [-0.1, -0.05) is 12.2 Å². The average Bonchev–Trinajstić information content (AvgIpc) is 1.58. The Kier molecular flexibility index (Phi) is 20.2. The third-order valence-corrected chi connectivity index (χ3v) is 22.7. The van der Waals surface area contributed by atoms with Crippen LogP contribution in [0, 0.1) is 11.8 Å². The third kappa shape index (κ3) is 15.5. The first-order chi connectivity index (χ1) is 62.8. The number of ether oxygens (including phenoxy) is 16. The zero-order valence-electron chi connectivity index (χ0n) is 70.1. The molecule has 15 aromatic carbocycles. The number of H-pyrrole nitrogens is 1. The fraction of sp³-hybridized carbons (Fsp3) is 0.106. The van der Waals surface area contributed by atoms with Gasteiger partial charge in [0.15, 0.2) is 75.5 Å². The van der Waals surface area contributed by atoms with Crippen molar-refractivity contribution in [2.24, 2.45) is 46.8 Å². The maximum absolute atomic E-state index is 6.81. The van der Waals surface area contributed by atoms with Gasteiger partial charge in [-0.15, -0.1) is 0 Å². The third-order valence-electron chi connectivity index (χ3n) is 22.7. The molecule has 0 fully saturated rings. The highest BCUT2D eigenvalue weighted by Crippen LogP contribution is 2.47. The van der Waals surface area contributed by atoms with E-state index < -0.39 is 18.0 Å². The maximum Gasteiger partial charge on any atom is 0.170 e. The number of aromatic nitrogens is 1. The van der Waals surface area contributed by atoms with Crippen LogP contribution in [-0.2, 0) is 0 Å². The molecule has 1 N–H and O–H groups in total. The molecule has 5 aliphatic rings. The van der Waals surface area contributed by atoms with E-state index in [-0.39, 0.29) is 0 Å². The predicted molar refractivity (Wildman–Crippen MR) is 490 cm³/mol. The van der Waals surface area contributed by atoms with Crippen LogP contribution in [0.5, 0.6) is 138 Å². The van der Waals surface area contributed by atoms with Crippen LogP contribution in [0.1, 0.15) is 22.3 Å². The Balaban J connectivity index is 0.805. The summed E-state index contributed by atoms with van der Waals surface area (Å²) in [6, 6.07) is 87.0. The number of amidine groups is 5. The summed E-state index contributed by atoms with van der Waals surface area (Å²) < 4.78 is 98.9. The van der Waals surface area contributed by atoms with Crippen LogP contribution in [0.2, 0.25) is 0 Å². The number of aliphatic imine (C=N–C) groups is 5. The van der Waals surface area contributed by atoms with Crippen LogP contribution < -0.4 is 97.2 Å². The van der Waals surface area contributed by atoms with Crippen molar-refractivity contribution in [3.8, 4) is 138 Å². The van der Waals surface area contributed by atoms with Gasteiger partial charge < -0.3 is 80.8 Å². The molecule has 0 spiro atoms. The van der Waals surface area contributed by atoms with Crippen LogP contribution >= 0.6 is 0 Å². The van der Waals surface area contributed by atoms with Crippen LogP contribution in [0.25, 0.3) is 55.2 Å². The van der Waals surface area contributed by atoms with Crippen molar-refractivity contribution in [3.05, 3.63) is 323 Å². The average molecular weight is 1690 g/mol. The summed E-state index contributed by atoms with van der Waals surface area (Å²) in [5.74, 6) is 13.9. The Morgan fingerprint density at radius 3 is 0.719 bits per heavy atom. The monoisotopic (exact) mass is 1690 g/mol. The van der Waals surface area contributed by atoms with E-state index in [1.165, 1.54) is 0 Å². The maximum atomic E-state index is 6.81. The van der Waals surface area contributed by atoms with Crippen molar-refractivity contribution >= 4 is 84.4 Å². The van der Waals surface area contributed by atoms with Gasteiger partial charge >= 0.3 is 0 Å². The summed E-state index contributed by atoms with van der Waals surface area (Å²) in [6.07, 6.45) is 3.48. The number of nitrogens with one attached hydrogen (secondary N) is 1. The first kappa shape index (κ1) is 78.4. The highest BCUT2D eigenvalue weighted by Gasteiger charge is 2.41. The van der Waals surface area contributed by atoms with Crippen molar-refractivity contribution in [2.75, 3.05) is 56.9 Å². The van der Waals surface area contributed by atoms with Crippen molar-refractivity contribution in [2.45, 2.75) is 6.17 Å². The minimum absolute atomic E-state index is 0.324. The molecular weight excluding hydrogens is 1620 g/mol. The van der Waals surface area contributed by atoms with E-state index in [2.05, 4.69) is 53.5 Å². The molecule has 628 valence electrons. The van der Waals surface area contributed by atoms with Gasteiger partial charge in [0.2, 0.25) is 0 Å². The summed E-state index contributed by atoms with van der Waals surface area (Å²) >= 11 is 0. The lowest BCUT2D eigenvalue weighted by atomic mass is 9.86. The second-order valence-electron chi connectivity index (χ2n) is 30.4. The molecular formula is C104H76N8O16. The summed E-state index contributed by atoms with van der Waals surface area (Å²) in [4.78, 5) is 43.3. The number of methoxy groups -OCH3 is 8. The van der Waals surface area contributed by atoms with E-state index in [9.17, 15) is 0 Å². The standard InChI is InChI=1S/C104H76N8O16/c1-113-65-9-25-73(26-10-65)121-89-49-57-41-81-82(42-58(57)50-90(89)122-74-27-11-66(114-2)12-28-74)98-105-97(81)109-99-83-43-59-51-91(123-75-29-13-67(115-3)14-30-75)92(124-76-31-15-68(116-4)16-32-76)52-60(59)44-84(83)101(106-99)111-103-87-47-63-55-95(127-79-37-21-71(119-7)22-38-79)96(128-80-39-23-72(120-8)24-40-80)56-64(63)48-88(87)104(108-103)112-102-86-46-62-54-94(126-78-35-19-70(118-6)20-36-78)93(125-77-33-17-69(117-5)18-34-77)53-61(62)45-85(86)100(107-102)110-98/h9-56,81-82,97H,1-8H3,(H,105,106,107,108,109,110,111,112). The van der Waals surface area contributed by atoms with Crippen LogP contribution in [-0.4, -0.2) is 97.2 Å². The van der Waals surface area contributed by atoms with Gasteiger partial charge in [0, 0.05) is 44.9 Å². The van der Waals surface area contributed by atoms with Crippen LogP contribution in [0.15, 0.2) is 314 Å². The lowest BCUT2D eigenvalue weighted by Gasteiger charge is -2.21. The number of nitrogens with zero attached hydrogens (tertiary/aromatic N) is 7. The molecule has 3 unspecified atom stereocenters. The Morgan fingerprint density at radius 2 is 0.445 bits per heavy atom. The van der Waals surface area contributed by atoms with Gasteiger partial charge in [0.05, 0.1) is 56.9 Å². The van der Waals surface area contributed by atoms with Crippen molar-refractivity contribution < 1.29 is 75.8 Å². The van der Waals surface area contributed by atoms with E-state index in [1.54, 1.807) is 56.9 Å². The molecule has 24 nitrogen and oxygen atoms in total. The van der Waals surface area contributed by atoms with Gasteiger partial charge in [-0.2, -0.15) is 0 Å². The minimum Gasteiger partial charge on any atom is -0.497 e. The van der Waals surface area contributed by atoms with Gasteiger partial charge in [0.25, 0.3) is 0 Å². The zero-order chi connectivity index (χ0) is 86.6. The Bertz CT molecular complexity index is 7580. The highest BCUT2D eigenvalue weighted by molar-refractivity contribution is 6.27. The number of fused-ring (bicyclic) bond motifs is 21. The molecule has 1 aromatic heterocycles. The van der Waals surface area contributed by atoms with E-state index in [0.717, 1.165) is 42.8 Å². The van der Waals surface area contributed by atoms with Crippen LogP contribution in [0.4, 0.5) is 0 Å². The molecule has 128 heavy (non-hydrogen) atoms. The number of rotatable bonds is 24. The van der Waals surface area contributed by atoms with E-state index in [0.29, 0.717) is 211 Å². The van der Waals surface area contributed by atoms with Crippen molar-refractivity contribution in [1.82, 2.24) is 4.98 Å². The fourth-order valence-electron chi connectivity index (χ4n) is 16.1. The summed E-state index contributed by atoms with van der Waals surface area (Å²) in [7, 11) is 13.0. The predicted octanol–water partition coefficient (Wildman–Crippen LogP) is 20.9. The van der Waals surface area contributed by atoms with E-state index in [1.807, 2.05) is 243 Å². The number of hydrogen-bond acceptors (Lipinski definition) is 23. The quantitative estimate of drug-likeness (QED) is 0.0590. The normalized spacial score (nSPS) is 15.2. The molecule has 0 saturated heterocycles. The molecule has 8 bridgehead atoms. The Morgan fingerprint density at radius 1 is 0.219 bits per heavy atom. The lowest BCUT2D eigenvalue weighted by molar-refractivity contribution is 0.404. The Hall–Kier alpha value is -16.9. The molecule has 0 saturated carbocycles. The SMILES string of the molecule is COc1ccc(Oc2cc3c(cc2Oc2ccc(OC)cc2)=CC2C4N=C(N=C5N=C(N=c6[nH]c(c7cc8cc(Oc9ccc(OC)cc9)c(Oc9ccc(OC)cc9)cc8cc67)=NC6=N/C(=N\4)c4cc7cc(Oc8ccc(OC)cc8)c(Oc8ccc(OC)cc8)cc7cc46)c4cc6cc(Oc7ccc(OC)cc7)c(Oc7ccc(OC)cc7)cc6cc45)C2C=3)cc1. The van der Waals surface area contributed by atoms with Gasteiger partial charge in [-0.3, -0.25) is 0 Å². The lowest BCUT2D eigenvalue weighted by Crippen LogP contribution is -2.36. The van der Waals surface area contributed by atoms with Crippen molar-refractivity contribution in [3.63, 3.8) is 0 Å². The minimum atomic E-state index is -0.877. The number of aromatic amines is 1. The highest BCUT2D eigenvalue weighted by atomic mass is 16.5. The zero-order valence-corrected chi connectivity index (χ0v) is 70.1. The second-order valence-corrected chi connectivity index (χ2v) is 30.4. The molecule has 16 aromatic rings. The first-order valence-electron chi connectivity index (χ1n) is 41.0. The molecule has 4 aliphatic heterocycles. The fourth-order valence-corrected chi connectivity index (χ4v) is 16.1. The molecule has 3 atom stereocenters. The summed E-state index contributed by atoms with van der Waals surface area (Å²) in [6.45, 7) is 0. The number of hydrogen-bond donors (Lipinski definition) is 1. The van der Waals surface area contributed by atoms with E-state index in [4.69, 9.17) is 111 Å². The topological polar surface area (TPSA) is 250 Å². The number of benzene rings is 15. The first-order valence-corrected chi connectivity index (χ1v) is 41.0. The molecule has 5 heterocycles. The summed E-state index contributed by atoms with van der Waals surface area (Å²) in [5.41, 5.74) is 3.44. The second kappa shape index (κ2) is 33.1. The smallest absolute Gasteiger partial charge is 0.170 e. The van der Waals surface area contributed by atoms with Crippen LogP contribution in [0.3, 0.4) is 0 Å². The molecule has 0 amide bonds.